The predicted octanol–water partition coefficient (Wildman–Crippen LogP) is 6.91. The summed E-state index contributed by atoms with van der Waals surface area (Å²) in [7, 11) is 0. The molecule has 0 N–H and O–H groups in total. The lowest BCUT2D eigenvalue weighted by atomic mass is 10.0. The number of rotatable bonds is 11. The number of esters is 2. The number of carbonyl (C=O) groups excluding carboxylic acids is 2. The van der Waals surface area contributed by atoms with Crippen LogP contribution in [-0.2, 0) is 20.8 Å². The Labute approximate surface area is 244 Å². The van der Waals surface area contributed by atoms with Gasteiger partial charge in [-0.3, -0.25) is 9.59 Å². The summed E-state index contributed by atoms with van der Waals surface area (Å²) in [6.07, 6.45) is 2.56. The minimum Gasteiger partial charge on any atom is -0.453 e. The molecule has 0 atom stereocenters. The highest BCUT2D eigenvalue weighted by molar-refractivity contribution is 5.89. The van der Waals surface area contributed by atoms with Crippen molar-refractivity contribution in [2.45, 2.75) is 31.6 Å². The molecule has 0 aliphatic heterocycles. The maximum absolute atomic E-state index is 13.2. The SMILES string of the molecule is O=C(CCCn1ccc(=O)c(C(=O)OC(c2ccccc2)c2ccccc2)c1)OC(c1ccccc1)c1ccccc1. The molecule has 1 aromatic heterocycles. The molecule has 210 valence electrons. The van der Waals surface area contributed by atoms with Crippen molar-refractivity contribution in [1.29, 1.82) is 0 Å². The van der Waals surface area contributed by atoms with Gasteiger partial charge < -0.3 is 14.0 Å². The third-order valence-electron chi connectivity index (χ3n) is 6.88. The minimum atomic E-state index is -0.708. The zero-order valence-corrected chi connectivity index (χ0v) is 23.0. The van der Waals surface area contributed by atoms with Gasteiger partial charge in [-0.05, 0) is 28.7 Å². The summed E-state index contributed by atoms with van der Waals surface area (Å²) in [5.74, 6) is -1.04. The van der Waals surface area contributed by atoms with Crippen LogP contribution in [0.4, 0.5) is 0 Å². The molecule has 6 nitrogen and oxygen atoms in total. The van der Waals surface area contributed by atoms with Crippen molar-refractivity contribution in [2.75, 3.05) is 0 Å². The number of nitrogens with zero attached hydrogens (tertiary/aromatic N) is 1. The highest BCUT2D eigenvalue weighted by atomic mass is 16.5. The molecule has 5 aromatic rings. The van der Waals surface area contributed by atoms with E-state index < -0.39 is 23.6 Å². The quantitative estimate of drug-likeness (QED) is 0.165. The summed E-state index contributed by atoms with van der Waals surface area (Å²) in [4.78, 5) is 38.7. The van der Waals surface area contributed by atoms with Crippen molar-refractivity contribution in [3.63, 3.8) is 0 Å². The Morgan fingerprint density at radius 3 is 1.48 bits per heavy atom. The Bertz CT molecular complexity index is 1570. The van der Waals surface area contributed by atoms with Crippen molar-refractivity contribution < 1.29 is 19.1 Å². The van der Waals surface area contributed by atoms with E-state index in [1.807, 2.05) is 121 Å². The molecule has 0 spiro atoms. The van der Waals surface area contributed by atoms with Gasteiger partial charge in [0.1, 0.15) is 5.56 Å². The highest BCUT2D eigenvalue weighted by Crippen LogP contribution is 2.28. The summed E-state index contributed by atoms with van der Waals surface area (Å²) in [5, 5.41) is 0. The summed E-state index contributed by atoms with van der Waals surface area (Å²) in [6, 6.07) is 39.4. The van der Waals surface area contributed by atoms with Crippen LogP contribution in [0.3, 0.4) is 0 Å². The lowest BCUT2D eigenvalue weighted by molar-refractivity contribution is -0.147. The summed E-state index contributed by atoms with van der Waals surface area (Å²) < 4.78 is 13.5. The molecule has 6 heteroatoms. The van der Waals surface area contributed by atoms with Crippen LogP contribution < -0.4 is 5.43 Å². The number of hydrogen-bond acceptors (Lipinski definition) is 5. The van der Waals surface area contributed by atoms with Crippen molar-refractivity contribution in [1.82, 2.24) is 4.57 Å². The normalized spacial score (nSPS) is 10.9. The largest absolute Gasteiger partial charge is 0.453 e. The topological polar surface area (TPSA) is 74.6 Å². The molecule has 0 saturated heterocycles. The Kier molecular flexibility index (Phi) is 9.37. The zero-order valence-electron chi connectivity index (χ0n) is 23.0. The number of ether oxygens (including phenoxy) is 2. The summed E-state index contributed by atoms with van der Waals surface area (Å²) in [5.41, 5.74) is 2.90. The van der Waals surface area contributed by atoms with E-state index in [1.54, 1.807) is 10.8 Å². The van der Waals surface area contributed by atoms with E-state index >= 15 is 0 Å². The average molecular weight is 558 g/mol. The van der Waals surface area contributed by atoms with Gasteiger partial charge in [0.15, 0.2) is 17.6 Å². The van der Waals surface area contributed by atoms with Crippen molar-refractivity contribution in [3.8, 4) is 0 Å². The molecule has 5 rings (SSSR count). The first kappa shape index (κ1) is 28.3. The second-order valence-corrected chi connectivity index (χ2v) is 9.86. The molecule has 42 heavy (non-hydrogen) atoms. The van der Waals surface area contributed by atoms with E-state index in [9.17, 15) is 14.4 Å². The van der Waals surface area contributed by atoms with E-state index in [0.29, 0.717) is 13.0 Å². The van der Waals surface area contributed by atoms with Gasteiger partial charge in [-0.25, -0.2) is 4.79 Å². The molecule has 0 aliphatic carbocycles. The molecule has 0 unspecified atom stereocenters. The van der Waals surface area contributed by atoms with Crippen molar-refractivity contribution in [3.05, 3.63) is 178 Å². The van der Waals surface area contributed by atoms with Crippen LogP contribution in [0.25, 0.3) is 0 Å². The summed E-state index contributed by atoms with van der Waals surface area (Å²) in [6.45, 7) is 0.414. The Balaban J connectivity index is 1.24. The lowest BCUT2D eigenvalue weighted by Crippen LogP contribution is -2.21. The molecule has 0 saturated carbocycles. The van der Waals surface area contributed by atoms with Crippen LogP contribution >= 0.6 is 0 Å². The van der Waals surface area contributed by atoms with Gasteiger partial charge in [-0.15, -0.1) is 0 Å². The maximum Gasteiger partial charge on any atom is 0.344 e. The number of carbonyl (C=O) groups is 2. The fourth-order valence-corrected chi connectivity index (χ4v) is 4.75. The second-order valence-electron chi connectivity index (χ2n) is 9.86. The smallest absolute Gasteiger partial charge is 0.344 e. The Hall–Kier alpha value is -5.23. The number of aryl methyl sites for hydroxylation is 1. The molecule has 0 aliphatic rings. The van der Waals surface area contributed by atoms with Gasteiger partial charge in [-0.2, -0.15) is 0 Å². The molecule has 0 radical (unpaired) electrons. The third kappa shape index (κ3) is 7.29. The monoisotopic (exact) mass is 557 g/mol. The molecule has 0 fully saturated rings. The van der Waals surface area contributed by atoms with E-state index in [-0.39, 0.29) is 18.0 Å². The average Bonchev–Trinajstić information content (AvgIpc) is 3.05. The van der Waals surface area contributed by atoms with Gasteiger partial charge in [0.05, 0.1) is 0 Å². The fraction of sp³-hybridized carbons (Fsp3) is 0.139. The van der Waals surface area contributed by atoms with Gasteiger partial charge >= 0.3 is 11.9 Å². The molecule has 1 heterocycles. The van der Waals surface area contributed by atoms with E-state index in [0.717, 1.165) is 22.3 Å². The number of pyridine rings is 1. The molecule has 0 amide bonds. The van der Waals surface area contributed by atoms with E-state index in [1.165, 1.54) is 12.3 Å². The molecule has 0 bridgehead atoms. The van der Waals surface area contributed by atoms with Crippen LogP contribution in [0.15, 0.2) is 145 Å². The second kappa shape index (κ2) is 13.9. The zero-order chi connectivity index (χ0) is 29.1. The van der Waals surface area contributed by atoms with E-state index in [4.69, 9.17) is 9.47 Å². The van der Waals surface area contributed by atoms with Crippen molar-refractivity contribution in [2.24, 2.45) is 0 Å². The highest BCUT2D eigenvalue weighted by Gasteiger charge is 2.22. The van der Waals surface area contributed by atoms with Crippen LogP contribution in [-0.4, -0.2) is 16.5 Å². The van der Waals surface area contributed by atoms with Crippen LogP contribution in [0.1, 0.15) is 57.7 Å². The van der Waals surface area contributed by atoms with Gasteiger partial charge in [0, 0.05) is 31.4 Å². The van der Waals surface area contributed by atoms with Gasteiger partial charge in [-0.1, -0.05) is 121 Å². The molecular weight excluding hydrogens is 526 g/mol. The van der Waals surface area contributed by atoms with Crippen LogP contribution in [0.2, 0.25) is 0 Å². The van der Waals surface area contributed by atoms with Gasteiger partial charge in [0.25, 0.3) is 0 Å². The Morgan fingerprint density at radius 2 is 1.02 bits per heavy atom. The lowest BCUT2D eigenvalue weighted by Gasteiger charge is -2.19. The third-order valence-corrected chi connectivity index (χ3v) is 6.88. The predicted molar refractivity (Wildman–Crippen MR) is 161 cm³/mol. The Morgan fingerprint density at radius 1 is 0.595 bits per heavy atom. The standard InChI is InChI=1S/C36H31NO5/c38-32-23-25-37(24-13-22-33(39)41-34(27-14-5-1-6-15-27)28-16-7-2-8-17-28)26-31(32)36(40)42-35(29-18-9-3-10-19-29)30-20-11-4-12-21-30/h1-12,14-21,23,25-26,34-35H,13,22,24H2. The first-order chi connectivity index (χ1) is 20.6. The summed E-state index contributed by atoms with van der Waals surface area (Å²) >= 11 is 0. The van der Waals surface area contributed by atoms with E-state index in [2.05, 4.69) is 0 Å². The maximum atomic E-state index is 13.2. The number of aromatic nitrogens is 1. The van der Waals surface area contributed by atoms with Gasteiger partial charge in [0.2, 0.25) is 0 Å². The van der Waals surface area contributed by atoms with Crippen LogP contribution in [0.5, 0.6) is 0 Å². The minimum absolute atomic E-state index is 0.0647. The van der Waals surface area contributed by atoms with Crippen molar-refractivity contribution >= 4 is 11.9 Å². The molecule has 4 aromatic carbocycles. The number of benzene rings is 4. The number of hydrogen-bond donors (Lipinski definition) is 0. The van der Waals surface area contributed by atoms with Crippen LogP contribution in [0, 0.1) is 0 Å². The fourth-order valence-electron chi connectivity index (χ4n) is 4.75. The molecular formula is C36H31NO5. The first-order valence-corrected chi connectivity index (χ1v) is 13.9. The first-order valence-electron chi connectivity index (χ1n) is 13.9.